The summed E-state index contributed by atoms with van der Waals surface area (Å²) in [5.41, 5.74) is 1.01. The zero-order valence-electron chi connectivity index (χ0n) is 14.3. The topological polar surface area (TPSA) is 92.5 Å². The van der Waals surface area contributed by atoms with Gasteiger partial charge in [-0.15, -0.1) is 0 Å². The van der Waals surface area contributed by atoms with Gasteiger partial charge < -0.3 is 9.32 Å². The van der Waals surface area contributed by atoms with Crippen LogP contribution in [0.3, 0.4) is 0 Å². The summed E-state index contributed by atoms with van der Waals surface area (Å²) in [7, 11) is -3.58. The number of halogens is 1. The van der Waals surface area contributed by atoms with E-state index in [0.29, 0.717) is 41.4 Å². The normalized spacial score (nSPS) is 18.1. The smallest absolute Gasteiger partial charge is 0.253 e. The van der Waals surface area contributed by atoms with Crippen LogP contribution in [0, 0.1) is 6.92 Å². The minimum absolute atomic E-state index is 0.0728. The minimum atomic E-state index is -3.58. The van der Waals surface area contributed by atoms with Gasteiger partial charge in [0.2, 0.25) is 10.0 Å². The van der Waals surface area contributed by atoms with E-state index in [1.807, 2.05) is 0 Å². The van der Waals surface area contributed by atoms with Gasteiger partial charge in [-0.2, -0.15) is 0 Å². The Kier molecular flexibility index (Phi) is 5.64. The monoisotopic (exact) mass is 397 g/mol. The van der Waals surface area contributed by atoms with Crippen LogP contribution in [-0.2, 0) is 16.6 Å². The summed E-state index contributed by atoms with van der Waals surface area (Å²) < 4.78 is 32.9. The van der Waals surface area contributed by atoms with Gasteiger partial charge >= 0.3 is 0 Å². The van der Waals surface area contributed by atoms with Crippen LogP contribution in [0.5, 0.6) is 0 Å². The molecule has 1 aromatic carbocycles. The number of benzene rings is 1. The van der Waals surface area contributed by atoms with Crippen molar-refractivity contribution in [2.45, 2.75) is 31.6 Å². The molecule has 0 bridgehead atoms. The van der Waals surface area contributed by atoms with Crippen LogP contribution in [0.2, 0.25) is 5.02 Å². The predicted molar refractivity (Wildman–Crippen MR) is 97.4 cm³/mol. The number of likely N-dealkylation sites (tertiary alicyclic amines) is 1. The van der Waals surface area contributed by atoms with Crippen molar-refractivity contribution in [3.63, 3.8) is 0 Å². The zero-order valence-corrected chi connectivity index (χ0v) is 15.9. The maximum atomic E-state index is 12.6. The van der Waals surface area contributed by atoms with Crippen LogP contribution in [0.4, 0.5) is 0 Å². The molecule has 0 aliphatic carbocycles. The number of rotatable bonds is 5. The first-order chi connectivity index (χ1) is 12.4. The van der Waals surface area contributed by atoms with E-state index in [0.717, 1.165) is 0 Å². The Morgan fingerprint density at radius 2 is 2.27 bits per heavy atom. The quantitative estimate of drug-likeness (QED) is 0.836. The number of aromatic nitrogens is 1. The number of aryl methyl sites for hydroxylation is 1. The van der Waals surface area contributed by atoms with Crippen molar-refractivity contribution in [2.75, 3.05) is 13.1 Å². The van der Waals surface area contributed by atoms with E-state index in [4.69, 9.17) is 16.0 Å². The number of piperidine rings is 1. The molecule has 1 unspecified atom stereocenters. The molecule has 3 rings (SSSR count). The molecule has 2 aromatic rings. The highest BCUT2D eigenvalue weighted by Crippen LogP contribution is 2.20. The van der Waals surface area contributed by atoms with Crippen LogP contribution in [0.15, 0.2) is 35.1 Å². The summed E-state index contributed by atoms with van der Waals surface area (Å²) in [4.78, 5) is 18.2. The average Bonchev–Trinajstić information content (AvgIpc) is 3.04. The Bertz CT molecular complexity index is 897. The number of hydrogen-bond donors (Lipinski definition) is 1. The van der Waals surface area contributed by atoms with E-state index in [1.165, 1.54) is 6.39 Å². The molecule has 2 heterocycles. The third-order valence-electron chi connectivity index (χ3n) is 4.46. The fraction of sp³-hybridized carbons (Fsp3) is 0.412. The fourth-order valence-corrected chi connectivity index (χ4v) is 4.58. The first-order valence-corrected chi connectivity index (χ1v) is 10.2. The van der Waals surface area contributed by atoms with Crippen molar-refractivity contribution in [3.8, 4) is 0 Å². The Balaban J connectivity index is 1.67. The van der Waals surface area contributed by atoms with E-state index in [1.54, 1.807) is 36.1 Å². The molecule has 1 aliphatic rings. The molecule has 0 spiro atoms. The molecule has 1 fully saturated rings. The van der Waals surface area contributed by atoms with Gasteiger partial charge in [0.1, 0.15) is 5.76 Å². The van der Waals surface area contributed by atoms with Crippen molar-refractivity contribution < 1.29 is 17.6 Å². The molecule has 1 N–H and O–H groups in total. The van der Waals surface area contributed by atoms with Gasteiger partial charge in [-0.25, -0.2) is 18.1 Å². The van der Waals surface area contributed by atoms with Crippen LogP contribution in [0.25, 0.3) is 0 Å². The fourth-order valence-electron chi connectivity index (χ4n) is 2.96. The van der Waals surface area contributed by atoms with Gasteiger partial charge in [0.25, 0.3) is 5.91 Å². The molecule has 1 aromatic heterocycles. The molecule has 1 saturated heterocycles. The van der Waals surface area contributed by atoms with Crippen LogP contribution in [-0.4, -0.2) is 42.5 Å². The average molecular weight is 398 g/mol. The van der Waals surface area contributed by atoms with Gasteiger partial charge in [-0.1, -0.05) is 17.7 Å². The molecular formula is C17H20ClN3O4S. The number of amides is 1. The predicted octanol–water partition coefficient (Wildman–Crippen LogP) is 2.36. The van der Waals surface area contributed by atoms with E-state index < -0.39 is 15.3 Å². The first-order valence-electron chi connectivity index (χ1n) is 8.29. The third-order valence-corrected chi connectivity index (χ3v) is 6.51. The van der Waals surface area contributed by atoms with Gasteiger partial charge in [-0.3, -0.25) is 4.79 Å². The molecule has 1 atom stereocenters. The van der Waals surface area contributed by atoms with Gasteiger partial charge in [0, 0.05) is 23.7 Å². The summed E-state index contributed by atoms with van der Waals surface area (Å²) >= 11 is 5.94. The van der Waals surface area contributed by atoms with Crippen LogP contribution in [0.1, 0.15) is 34.7 Å². The van der Waals surface area contributed by atoms with E-state index in [9.17, 15) is 13.2 Å². The van der Waals surface area contributed by atoms with Crippen LogP contribution >= 0.6 is 11.6 Å². The number of nitrogens with zero attached hydrogens (tertiary/aromatic N) is 2. The highest BCUT2D eigenvalue weighted by Gasteiger charge is 2.33. The molecule has 1 aliphatic heterocycles. The molecule has 140 valence electrons. The van der Waals surface area contributed by atoms with Crippen molar-refractivity contribution in [2.24, 2.45) is 0 Å². The summed E-state index contributed by atoms with van der Waals surface area (Å²) in [5.74, 6) is 0.369. The lowest BCUT2D eigenvalue weighted by atomic mass is 10.1. The summed E-state index contributed by atoms with van der Waals surface area (Å²) in [5, 5.41) is -0.187. The number of hydrogen-bond acceptors (Lipinski definition) is 5. The lowest BCUT2D eigenvalue weighted by Crippen LogP contribution is -2.48. The molecule has 7 nitrogen and oxygen atoms in total. The van der Waals surface area contributed by atoms with Crippen molar-refractivity contribution in [1.82, 2.24) is 14.6 Å². The molecule has 9 heteroatoms. The lowest BCUT2D eigenvalue weighted by molar-refractivity contribution is 0.0726. The van der Waals surface area contributed by atoms with Gasteiger partial charge in [0.05, 0.1) is 17.5 Å². The zero-order chi connectivity index (χ0) is 18.7. The van der Waals surface area contributed by atoms with E-state index >= 15 is 0 Å². The Hall–Kier alpha value is -1.90. The highest BCUT2D eigenvalue weighted by atomic mass is 35.5. The number of sulfonamides is 1. The molecule has 0 radical (unpaired) electrons. The summed E-state index contributed by atoms with van der Waals surface area (Å²) in [6.07, 6.45) is 2.41. The van der Waals surface area contributed by atoms with E-state index in [2.05, 4.69) is 9.71 Å². The second kappa shape index (κ2) is 7.77. The maximum Gasteiger partial charge on any atom is 0.253 e. The SMILES string of the molecule is Cc1ocnc1CNS(=O)(=O)C1CCCN(C(=O)c2cccc(Cl)c2)C1. The maximum absolute atomic E-state index is 12.6. The summed E-state index contributed by atoms with van der Waals surface area (Å²) in [6, 6.07) is 6.67. The Labute approximate surface area is 157 Å². The largest absolute Gasteiger partial charge is 0.448 e. The Morgan fingerprint density at radius 3 is 2.96 bits per heavy atom. The Morgan fingerprint density at radius 1 is 1.46 bits per heavy atom. The molecule has 0 saturated carbocycles. The second-order valence-corrected chi connectivity index (χ2v) is 8.73. The van der Waals surface area contributed by atoms with E-state index in [-0.39, 0.29) is 19.0 Å². The van der Waals surface area contributed by atoms with Crippen molar-refractivity contribution in [1.29, 1.82) is 0 Å². The second-order valence-electron chi connectivity index (χ2n) is 6.25. The van der Waals surface area contributed by atoms with Crippen LogP contribution < -0.4 is 4.72 Å². The first kappa shape index (κ1) is 18.9. The standard InChI is InChI=1S/C17H20ClN3O4S/c1-12-16(19-11-25-12)9-20-26(23,24)15-6-3-7-21(10-15)17(22)13-4-2-5-14(18)8-13/h2,4-5,8,11,15,20H,3,6-7,9-10H2,1H3. The number of oxazole rings is 1. The van der Waals surface area contributed by atoms with Crippen molar-refractivity contribution in [3.05, 3.63) is 52.7 Å². The lowest BCUT2D eigenvalue weighted by Gasteiger charge is -2.32. The number of nitrogens with one attached hydrogen (secondary N) is 1. The molecule has 1 amide bonds. The number of carbonyl (C=O) groups is 1. The number of carbonyl (C=O) groups excluding carboxylic acids is 1. The van der Waals surface area contributed by atoms with Gasteiger partial charge in [-0.05, 0) is 38.0 Å². The molecular weight excluding hydrogens is 378 g/mol. The third kappa shape index (κ3) is 4.25. The van der Waals surface area contributed by atoms with Gasteiger partial charge in [0.15, 0.2) is 6.39 Å². The summed E-state index contributed by atoms with van der Waals surface area (Å²) in [6.45, 7) is 2.48. The van der Waals surface area contributed by atoms with Crippen molar-refractivity contribution >= 4 is 27.5 Å². The highest BCUT2D eigenvalue weighted by molar-refractivity contribution is 7.90. The molecule has 26 heavy (non-hydrogen) atoms. The minimum Gasteiger partial charge on any atom is -0.448 e.